The lowest BCUT2D eigenvalue weighted by molar-refractivity contribution is -0.384. The van der Waals surface area contributed by atoms with Gasteiger partial charge in [0.25, 0.3) is 15.7 Å². The molecule has 0 unspecified atom stereocenters. The number of esters is 1. The number of sulfonamides is 1. The molecule has 2 aromatic rings. The predicted octanol–water partition coefficient (Wildman–Crippen LogP) is 2.80. The van der Waals surface area contributed by atoms with E-state index in [2.05, 4.69) is 9.46 Å². The Morgan fingerprint density at radius 1 is 1.12 bits per heavy atom. The van der Waals surface area contributed by atoms with E-state index in [1.54, 1.807) is 13.8 Å². The summed E-state index contributed by atoms with van der Waals surface area (Å²) in [5.41, 5.74) is 0.892. The van der Waals surface area contributed by atoms with Crippen molar-refractivity contribution in [1.82, 2.24) is 0 Å². The van der Waals surface area contributed by atoms with Gasteiger partial charge in [-0.05, 0) is 37.1 Å². The smallest absolute Gasteiger partial charge is 0.337 e. The molecule has 0 saturated carbocycles. The van der Waals surface area contributed by atoms with Gasteiger partial charge in [-0.3, -0.25) is 14.8 Å². The van der Waals surface area contributed by atoms with Gasteiger partial charge in [-0.25, -0.2) is 13.2 Å². The fourth-order valence-electron chi connectivity index (χ4n) is 2.17. The van der Waals surface area contributed by atoms with Gasteiger partial charge in [-0.15, -0.1) is 0 Å². The minimum absolute atomic E-state index is 0.0873. The number of ether oxygens (including phenoxy) is 1. The van der Waals surface area contributed by atoms with Crippen molar-refractivity contribution in [2.75, 3.05) is 11.8 Å². The molecule has 9 heteroatoms. The van der Waals surface area contributed by atoms with Crippen LogP contribution in [0.2, 0.25) is 0 Å². The number of aryl methyl sites for hydroxylation is 2. The van der Waals surface area contributed by atoms with E-state index in [4.69, 9.17) is 0 Å². The van der Waals surface area contributed by atoms with Crippen molar-refractivity contribution < 1.29 is 22.9 Å². The van der Waals surface area contributed by atoms with Crippen LogP contribution in [0.1, 0.15) is 21.5 Å². The minimum Gasteiger partial charge on any atom is -0.465 e. The second-order valence-corrected chi connectivity index (χ2v) is 6.98. The maximum Gasteiger partial charge on any atom is 0.337 e. The number of benzene rings is 2. The fourth-order valence-corrected chi connectivity index (χ4v) is 3.56. The zero-order valence-corrected chi connectivity index (χ0v) is 14.6. The van der Waals surface area contributed by atoms with Crippen molar-refractivity contribution in [3.8, 4) is 0 Å². The topological polar surface area (TPSA) is 116 Å². The Bertz CT molecular complexity index is 953. The van der Waals surface area contributed by atoms with Crippen molar-refractivity contribution in [3.63, 3.8) is 0 Å². The van der Waals surface area contributed by atoms with Crippen LogP contribution in [0.4, 0.5) is 11.4 Å². The number of carbonyl (C=O) groups is 1. The highest BCUT2D eigenvalue weighted by atomic mass is 32.2. The third-order valence-electron chi connectivity index (χ3n) is 3.58. The first kappa shape index (κ1) is 18.4. The Labute approximate surface area is 144 Å². The second kappa shape index (κ2) is 6.89. The average molecular weight is 364 g/mol. The lowest BCUT2D eigenvalue weighted by atomic mass is 10.1. The number of nitro groups is 1. The van der Waals surface area contributed by atoms with Gasteiger partial charge < -0.3 is 4.74 Å². The summed E-state index contributed by atoms with van der Waals surface area (Å²) in [6.07, 6.45) is 0. The summed E-state index contributed by atoms with van der Waals surface area (Å²) in [4.78, 5) is 21.8. The van der Waals surface area contributed by atoms with Crippen LogP contribution in [0.25, 0.3) is 0 Å². The van der Waals surface area contributed by atoms with E-state index in [-0.39, 0.29) is 21.8 Å². The van der Waals surface area contributed by atoms with Gasteiger partial charge in [-0.1, -0.05) is 12.1 Å². The maximum absolute atomic E-state index is 12.7. The molecule has 25 heavy (non-hydrogen) atoms. The molecule has 8 nitrogen and oxygen atoms in total. The molecule has 0 aliphatic heterocycles. The molecule has 1 N–H and O–H groups in total. The molecule has 0 amide bonds. The molecule has 0 spiro atoms. The SMILES string of the molecule is COC(=O)c1ccc(C)c(S(=O)(=O)Nc2cc([N+](=O)[O-])ccc2C)c1. The number of nitrogens with one attached hydrogen (secondary N) is 1. The molecule has 2 aromatic carbocycles. The Hall–Kier alpha value is -2.94. The summed E-state index contributed by atoms with van der Waals surface area (Å²) < 4.78 is 32.3. The van der Waals surface area contributed by atoms with Gasteiger partial charge in [0.2, 0.25) is 0 Å². The quantitative estimate of drug-likeness (QED) is 0.495. The van der Waals surface area contributed by atoms with Gasteiger partial charge in [0, 0.05) is 12.1 Å². The molecule has 0 aliphatic rings. The van der Waals surface area contributed by atoms with Crippen LogP contribution < -0.4 is 4.72 Å². The van der Waals surface area contributed by atoms with Gasteiger partial charge in [0.1, 0.15) is 0 Å². The van der Waals surface area contributed by atoms with Crippen LogP contribution in [-0.2, 0) is 14.8 Å². The van der Waals surface area contributed by atoms with E-state index in [0.29, 0.717) is 11.1 Å². The van der Waals surface area contributed by atoms with E-state index in [1.807, 2.05) is 0 Å². The zero-order valence-electron chi connectivity index (χ0n) is 13.8. The van der Waals surface area contributed by atoms with Crippen molar-refractivity contribution in [2.24, 2.45) is 0 Å². The third kappa shape index (κ3) is 3.94. The van der Waals surface area contributed by atoms with E-state index < -0.39 is 20.9 Å². The number of anilines is 1. The van der Waals surface area contributed by atoms with Gasteiger partial charge in [0.05, 0.1) is 28.2 Å². The lowest BCUT2D eigenvalue weighted by Crippen LogP contribution is -2.16. The van der Waals surface area contributed by atoms with Crippen LogP contribution in [0, 0.1) is 24.0 Å². The largest absolute Gasteiger partial charge is 0.465 e. The molecule has 0 aromatic heterocycles. The van der Waals surface area contributed by atoms with Crippen molar-refractivity contribution in [2.45, 2.75) is 18.7 Å². The summed E-state index contributed by atoms with van der Waals surface area (Å²) in [6.45, 7) is 3.20. The molecule has 132 valence electrons. The Morgan fingerprint density at radius 2 is 1.76 bits per heavy atom. The molecule has 2 rings (SSSR count). The van der Waals surface area contributed by atoms with E-state index >= 15 is 0 Å². The first-order valence-corrected chi connectivity index (χ1v) is 8.61. The van der Waals surface area contributed by atoms with E-state index in [9.17, 15) is 23.3 Å². The minimum atomic E-state index is -4.05. The number of nitro benzene ring substituents is 1. The van der Waals surface area contributed by atoms with E-state index in [1.165, 1.54) is 37.4 Å². The Morgan fingerprint density at radius 3 is 2.36 bits per heavy atom. The van der Waals surface area contributed by atoms with Crippen LogP contribution in [-0.4, -0.2) is 26.4 Å². The Balaban J connectivity index is 2.48. The highest BCUT2D eigenvalue weighted by Crippen LogP contribution is 2.26. The number of non-ortho nitro benzene ring substituents is 1. The van der Waals surface area contributed by atoms with Crippen molar-refractivity contribution in [1.29, 1.82) is 0 Å². The molecule has 0 aliphatic carbocycles. The van der Waals surface area contributed by atoms with E-state index in [0.717, 1.165) is 6.07 Å². The van der Waals surface area contributed by atoms with Gasteiger partial charge in [-0.2, -0.15) is 0 Å². The van der Waals surface area contributed by atoms with Crippen molar-refractivity contribution >= 4 is 27.4 Å². The zero-order chi connectivity index (χ0) is 18.8. The number of rotatable bonds is 5. The van der Waals surface area contributed by atoms with Crippen LogP contribution >= 0.6 is 0 Å². The monoisotopic (exact) mass is 364 g/mol. The first-order chi connectivity index (χ1) is 11.7. The van der Waals surface area contributed by atoms with Gasteiger partial charge in [0.15, 0.2) is 0 Å². The molecular weight excluding hydrogens is 348 g/mol. The van der Waals surface area contributed by atoms with Crippen LogP contribution in [0.5, 0.6) is 0 Å². The number of carbonyl (C=O) groups excluding carboxylic acids is 1. The standard InChI is InChI=1S/C16H16N2O6S/c1-10-5-7-13(18(20)21)9-14(10)17-25(22,23)15-8-12(16(19)24-3)6-4-11(15)2/h4-9,17H,1-3H3. The van der Waals surface area contributed by atoms with Crippen LogP contribution in [0.3, 0.4) is 0 Å². The number of nitrogens with zero attached hydrogens (tertiary/aromatic N) is 1. The summed E-state index contributed by atoms with van der Waals surface area (Å²) in [7, 11) is -2.86. The third-order valence-corrected chi connectivity index (χ3v) is 5.08. The summed E-state index contributed by atoms with van der Waals surface area (Å²) in [5, 5.41) is 10.9. The Kier molecular flexibility index (Phi) is 5.07. The molecule has 0 fully saturated rings. The molecule has 0 heterocycles. The van der Waals surface area contributed by atoms with Crippen LogP contribution in [0.15, 0.2) is 41.3 Å². The van der Waals surface area contributed by atoms with Crippen molar-refractivity contribution in [3.05, 3.63) is 63.2 Å². The predicted molar refractivity (Wildman–Crippen MR) is 91.2 cm³/mol. The summed E-state index contributed by atoms with van der Waals surface area (Å²) in [5.74, 6) is -0.664. The normalized spacial score (nSPS) is 11.0. The number of hydrogen-bond acceptors (Lipinski definition) is 6. The lowest BCUT2D eigenvalue weighted by Gasteiger charge is -2.13. The second-order valence-electron chi connectivity index (χ2n) is 5.33. The summed E-state index contributed by atoms with van der Waals surface area (Å²) in [6, 6.07) is 8.03. The molecule has 0 atom stereocenters. The number of methoxy groups -OCH3 is 1. The maximum atomic E-state index is 12.7. The molecule has 0 bridgehead atoms. The highest BCUT2D eigenvalue weighted by Gasteiger charge is 2.21. The summed E-state index contributed by atoms with van der Waals surface area (Å²) >= 11 is 0. The highest BCUT2D eigenvalue weighted by molar-refractivity contribution is 7.92. The number of hydrogen-bond donors (Lipinski definition) is 1. The first-order valence-electron chi connectivity index (χ1n) is 7.12. The fraction of sp³-hybridized carbons (Fsp3) is 0.188. The molecule has 0 saturated heterocycles. The molecule has 0 radical (unpaired) electrons. The van der Waals surface area contributed by atoms with Gasteiger partial charge >= 0.3 is 5.97 Å². The average Bonchev–Trinajstić information content (AvgIpc) is 2.56. The molecular formula is C16H16N2O6S.